The molecule has 0 fully saturated rings. The van der Waals surface area contributed by atoms with Crippen molar-refractivity contribution in [2.24, 2.45) is 5.41 Å². The van der Waals surface area contributed by atoms with E-state index in [2.05, 4.69) is 26.1 Å². The highest BCUT2D eigenvalue weighted by Crippen LogP contribution is 2.29. The van der Waals surface area contributed by atoms with Gasteiger partial charge in [0.2, 0.25) is 0 Å². The standard InChI is InChI=1S/C16H26N2O2/c1-15(2,3)10-16(4,5)18-14(19)11-8-7-9-12(20-6)13(11)17/h7-9H,10,17H2,1-6H3,(H,18,19). The number of nitrogens with one attached hydrogen (secondary N) is 1. The lowest BCUT2D eigenvalue weighted by Gasteiger charge is -2.33. The lowest BCUT2D eigenvalue weighted by molar-refractivity contribution is 0.0892. The zero-order chi connectivity index (χ0) is 15.6. The van der Waals surface area contributed by atoms with Crippen LogP contribution in [0.15, 0.2) is 18.2 Å². The number of nitrogen functional groups attached to an aromatic ring is 1. The summed E-state index contributed by atoms with van der Waals surface area (Å²) in [5, 5.41) is 3.05. The molecule has 1 amide bonds. The third-order valence-electron chi connectivity index (χ3n) is 2.95. The van der Waals surface area contributed by atoms with Crippen molar-refractivity contribution in [1.82, 2.24) is 5.32 Å². The summed E-state index contributed by atoms with van der Waals surface area (Å²) in [7, 11) is 1.54. The number of benzene rings is 1. The molecule has 20 heavy (non-hydrogen) atoms. The summed E-state index contributed by atoms with van der Waals surface area (Å²) in [6.07, 6.45) is 0.871. The van der Waals surface area contributed by atoms with E-state index in [9.17, 15) is 4.79 Å². The minimum absolute atomic E-state index is 0.136. The topological polar surface area (TPSA) is 64.3 Å². The highest BCUT2D eigenvalue weighted by Gasteiger charge is 2.28. The van der Waals surface area contributed by atoms with Crippen LogP contribution in [0.5, 0.6) is 5.75 Å². The van der Waals surface area contributed by atoms with Crippen molar-refractivity contribution in [1.29, 1.82) is 0 Å². The van der Waals surface area contributed by atoms with Crippen molar-refractivity contribution in [3.05, 3.63) is 23.8 Å². The average Bonchev–Trinajstić information content (AvgIpc) is 2.24. The summed E-state index contributed by atoms with van der Waals surface area (Å²) < 4.78 is 5.14. The second kappa shape index (κ2) is 5.73. The smallest absolute Gasteiger partial charge is 0.253 e. The summed E-state index contributed by atoms with van der Waals surface area (Å²) in [4.78, 5) is 12.4. The van der Waals surface area contributed by atoms with Crippen LogP contribution < -0.4 is 15.8 Å². The quantitative estimate of drug-likeness (QED) is 0.831. The van der Waals surface area contributed by atoms with Crippen molar-refractivity contribution < 1.29 is 9.53 Å². The van der Waals surface area contributed by atoms with Crippen LogP contribution >= 0.6 is 0 Å². The Morgan fingerprint density at radius 2 is 1.85 bits per heavy atom. The summed E-state index contributed by atoms with van der Waals surface area (Å²) in [6.45, 7) is 10.5. The molecule has 1 rings (SSSR count). The molecule has 0 aliphatic rings. The maximum absolute atomic E-state index is 12.4. The number of carbonyl (C=O) groups is 1. The van der Waals surface area contributed by atoms with Crippen molar-refractivity contribution in [2.45, 2.75) is 46.6 Å². The molecule has 0 aliphatic carbocycles. The average molecular weight is 278 g/mol. The van der Waals surface area contributed by atoms with Crippen molar-refractivity contribution >= 4 is 11.6 Å². The molecule has 0 aromatic heterocycles. The van der Waals surface area contributed by atoms with Gasteiger partial charge in [-0.3, -0.25) is 4.79 Å². The van der Waals surface area contributed by atoms with Crippen LogP contribution in [-0.4, -0.2) is 18.6 Å². The first-order chi connectivity index (χ1) is 9.06. The Bertz CT molecular complexity index is 488. The van der Waals surface area contributed by atoms with Crippen LogP contribution in [-0.2, 0) is 0 Å². The predicted octanol–water partition coefficient (Wildman–Crippen LogP) is 3.22. The number of hydrogen-bond acceptors (Lipinski definition) is 3. The molecule has 3 N–H and O–H groups in total. The molecule has 0 saturated heterocycles. The molecule has 4 heteroatoms. The van der Waals surface area contributed by atoms with Crippen LogP contribution in [0.2, 0.25) is 0 Å². The Balaban J connectivity index is 2.92. The van der Waals surface area contributed by atoms with E-state index in [4.69, 9.17) is 10.5 Å². The Kier molecular flexibility index (Phi) is 4.69. The van der Waals surface area contributed by atoms with E-state index in [-0.39, 0.29) is 16.9 Å². The van der Waals surface area contributed by atoms with Gasteiger partial charge in [-0.15, -0.1) is 0 Å². The van der Waals surface area contributed by atoms with E-state index in [0.29, 0.717) is 17.0 Å². The summed E-state index contributed by atoms with van der Waals surface area (Å²) in [5.41, 5.74) is 6.61. The van der Waals surface area contributed by atoms with Crippen LogP contribution in [0.25, 0.3) is 0 Å². The number of carbonyl (C=O) groups excluding carboxylic acids is 1. The van der Waals surface area contributed by atoms with Gasteiger partial charge in [-0.25, -0.2) is 0 Å². The predicted molar refractivity (Wildman–Crippen MR) is 83.0 cm³/mol. The number of nitrogens with two attached hydrogens (primary N) is 1. The van der Waals surface area contributed by atoms with Crippen molar-refractivity contribution in [3.63, 3.8) is 0 Å². The Morgan fingerprint density at radius 3 is 2.35 bits per heavy atom. The van der Waals surface area contributed by atoms with Crippen LogP contribution in [0.4, 0.5) is 5.69 Å². The van der Waals surface area contributed by atoms with Gasteiger partial charge in [-0.1, -0.05) is 26.8 Å². The number of para-hydroxylation sites is 1. The highest BCUT2D eigenvalue weighted by molar-refractivity contribution is 6.00. The molecule has 0 unspecified atom stereocenters. The third-order valence-corrected chi connectivity index (χ3v) is 2.95. The molecule has 0 saturated carbocycles. The molecule has 0 spiro atoms. The first kappa shape index (κ1) is 16.3. The van der Waals surface area contributed by atoms with Gasteiger partial charge in [-0.2, -0.15) is 0 Å². The molecule has 0 bridgehead atoms. The van der Waals surface area contributed by atoms with Crippen LogP contribution in [0, 0.1) is 5.41 Å². The number of rotatable bonds is 4. The Morgan fingerprint density at radius 1 is 1.25 bits per heavy atom. The second-order valence-corrected chi connectivity index (χ2v) is 7.00. The van der Waals surface area contributed by atoms with E-state index in [1.807, 2.05) is 13.8 Å². The molecule has 0 aliphatic heterocycles. The monoisotopic (exact) mass is 278 g/mol. The van der Waals surface area contributed by atoms with E-state index in [1.165, 1.54) is 7.11 Å². The molecule has 112 valence electrons. The third kappa shape index (κ3) is 4.44. The second-order valence-electron chi connectivity index (χ2n) is 7.00. The normalized spacial score (nSPS) is 12.1. The van der Waals surface area contributed by atoms with Crippen LogP contribution in [0.1, 0.15) is 51.4 Å². The van der Waals surface area contributed by atoms with Gasteiger partial charge < -0.3 is 15.8 Å². The lowest BCUT2D eigenvalue weighted by Crippen LogP contribution is -2.46. The first-order valence-electron chi connectivity index (χ1n) is 6.81. The van der Waals surface area contributed by atoms with E-state index < -0.39 is 0 Å². The fourth-order valence-corrected chi connectivity index (χ4v) is 2.66. The Hall–Kier alpha value is -1.71. The van der Waals surface area contributed by atoms with Gasteiger partial charge in [0.15, 0.2) is 0 Å². The van der Waals surface area contributed by atoms with E-state index in [0.717, 1.165) is 6.42 Å². The SMILES string of the molecule is COc1cccc(C(=O)NC(C)(C)CC(C)(C)C)c1N. The fourth-order valence-electron chi connectivity index (χ4n) is 2.66. The minimum atomic E-state index is -0.301. The van der Waals surface area contributed by atoms with Crippen molar-refractivity contribution in [3.8, 4) is 5.75 Å². The summed E-state index contributed by atoms with van der Waals surface area (Å²) in [5.74, 6) is 0.349. The van der Waals surface area contributed by atoms with Gasteiger partial charge >= 0.3 is 0 Å². The zero-order valence-electron chi connectivity index (χ0n) is 13.3. The maximum Gasteiger partial charge on any atom is 0.253 e. The largest absolute Gasteiger partial charge is 0.495 e. The molecule has 0 atom stereocenters. The number of anilines is 1. The molecule has 0 radical (unpaired) electrons. The number of amides is 1. The molecule has 1 aromatic rings. The van der Waals surface area contributed by atoms with Gasteiger partial charge in [0, 0.05) is 5.54 Å². The minimum Gasteiger partial charge on any atom is -0.495 e. The first-order valence-corrected chi connectivity index (χ1v) is 6.81. The lowest BCUT2D eigenvalue weighted by atomic mass is 9.81. The molecule has 4 nitrogen and oxygen atoms in total. The molecular weight excluding hydrogens is 252 g/mol. The number of hydrogen-bond donors (Lipinski definition) is 2. The zero-order valence-corrected chi connectivity index (χ0v) is 13.3. The van der Waals surface area contributed by atoms with Gasteiger partial charge in [0.1, 0.15) is 5.75 Å². The summed E-state index contributed by atoms with van der Waals surface area (Å²) in [6, 6.07) is 5.22. The molecule has 1 aromatic carbocycles. The van der Waals surface area contributed by atoms with Crippen LogP contribution in [0.3, 0.4) is 0 Å². The fraction of sp³-hybridized carbons (Fsp3) is 0.562. The number of methoxy groups -OCH3 is 1. The van der Waals surface area contributed by atoms with Gasteiger partial charge in [0.05, 0.1) is 18.4 Å². The summed E-state index contributed by atoms with van der Waals surface area (Å²) >= 11 is 0. The van der Waals surface area contributed by atoms with Gasteiger partial charge in [0.25, 0.3) is 5.91 Å². The number of ether oxygens (including phenoxy) is 1. The maximum atomic E-state index is 12.4. The molecular formula is C16H26N2O2. The highest BCUT2D eigenvalue weighted by atomic mass is 16.5. The van der Waals surface area contributed by atoms with Crippen molar-refractivity contribution in [2.75, 3.05) is 12.8 Å². The molecule has 0 heterocycles. The van der Waals surface area contributed by atoms with E-state index >= 15 is 0 Å². The van der Waals surface area contributed by atoms with Gasteiger partial charge in [-0.05, 0) is 37.8 Å². The van der Waals surface area contributed by atoms with E-state index in [1.54, 1.807) is 18.2 Å². The Labute approximate surface area is 121 Å².